The van der Waals surface area contributed by atoms with Crippen LogP contribution in [0.25, 0.3) is 0 Å². The molecule has 2 aromatic rings. The highest BCUT2D eigenvalue weighted by Crippen LogP contribution is 2.41. The number of benzene rings is 1. The van der Waals surface area contributed by atoms with Gasteiger partial charge in [0.05, 0.1) is 16.7 Å². The first kappa shape index (κ1) is 20.0. The van der Waals surface area contributed by atoms with Crippen LogP contribution in [0.3, 0.4) is 0 Å². The van der Waals surface area contributed by atoms with E-state index in [1.165, 1.54) is 12.1 Å². The number of ether oxygens (including phenoxy) is 1. The summed E-state index contributed by atoms with van der Waals surface area (Å²) >= 11 is 17.9. The van der Waals surface area contributed by atoms with Crippen molar-refractivity contribution in [1.29, 1.82) is 0 Å². The largest absolute Gasteiger partial charge is 0.462 e. The van der Waals surface area contributed by atoms with Gasteiger partial charge in [-0.05, 0) is 36.7 Å². The van der Waals surface area contributed by atoms with E-state index in [0.717, 1.165) is 17.8 Å². The zero-order valence-electron chi connectivity index (χ0n) is 12.5. The maximum atomic E-state index is 13.4. The van der Waals surface area contributed by atoms with Gasteiger partial charge in [-0.2, -0.15) is 8.78 Å². The van der Waals surface area contributed by atoms with Crippen LogP contribution in [-0.4, -0.2) is 17.6 Å². The second-order valence-electron chi connectivity index (χ2n) is 4.62. The van der Waals surface area contributed by atoms with Crippen molar-refractivity contribution in [2.24, 2.45) is 0 Å². The SMILES string of the molecule is CCOC(=O)c1c(Sc2c(Cl)cccc2Cl)cc(C(F)(F)Cl)[nH]c1=O. The van der Waals surface area contributed by atoms with Gasteiger partial charge in [0.25, 0.3) is 5.56 Å². The normalized spacial score (nSPS) is 11.4. The summed E-state index contributed by atoms with van der Waals surface area (Å²) < 4.78 is 31.6. The summed E-state index contributed by atoms with van der Waals surface area (Å²) in [5, 5.41) is -3.37. The van der Waals surface area contributed by atoms with Gasteiger partial charge in [-0.3, -0.25) is 4.79 Å². The molecule has 0 aliphatic carbocycles. The second kappa shape index (κ2) is 7.95. The number of aromatic nitrogens is 1. The molecule has 25 heavy (non-hydrogen) atoms. The summed E-state index contributed by atoms with van der Waals surface area (Å²) in [4.78, 5) is 26.3. The molecule has 1 aromatic carbocycles. The second-order valence-corrected chi connectivity index (χ2v) is 6.96. The summed E-state index contributed by atoms with van der Waals surface area (Å²) in [5.41, 5.74) is -2.35. The van der Waals surface area contributed by atoms with Crippen molar-refractivity contribution >= 4 is 52.5 Å². The molecule has 2 rings (SSSR count). The lowest BCUT2D eigenvalue weighted by atomic mass is 10.2. The topological polar surface area (TPSA) is 59.2 Å². The fourth-order valence-electron chi connectivity index (χ4n) is 1.86. The molecule has 134 valence electrons. The van der Waals surface area contributed by atoms with Gasteiger partial charge in [0.15, 0.2) is 0 Å². The standard InChI is InChI=1S/C15H10Cl3F2NO3S/c1-2-24-14(23)11-9(6-10(15(18,19)20)21-13(11)22)25-12-7(16)4-3-5-8(12)17/h3-6H,2H2,1H3,(H,21,22). The number of rotatable bonds is 5. The number of carbonyl (C=O) groups is 1. The number of hydrogen-bond acceptors (Lipinski definition) is 4. The Balaban J connectivity index is 2.66. The molecule has 0 radical (unpaired) electrons. The summed E-state index contributed by atoms with van der Waals surface area (Å²) in [6, 6.07) is 5.55. The Morgan fingerprint density at radius 2 is 1.92 bits per heavy atom. The highest BCUT2D eigenvalue weighted by Gasteiger charge is 2.32. The molecule has 0 saturated heterocycles. The van der Waals surface area contributed by atoms with Crippen molar-refractivity contribution in [1.82, 2.24) is 4.98 Å². The van der Waals surface area contributed by atoms with Gasteiger partial charge in [0.1, 0.15) is 11.3 Å². The predicted octanol–water partition coefficient (Wildman–Crippen LogP) is 5.30. The lowest BCUT2D eigenvalue weighted by Gasteiger charge is -2.14. The zero-order chi connectivity index (χ0) is 18.8. The van der Waals surface area contributed by atoms with Crippen LogP contribution in [-0.2, 0) is 10.1 Å². The molecule has 0 saturated carbocycles. The third-order valence-electron chi connectivity index (χ3n) is 2.91. The van der Waals surface area contributed by atoms with Crippen molar-refractivity contribution in [2.45, 2.75) is 22.1 Å². The molecular weight excluding hydrogens is 419 g/mol. The molecule has 1 N–H and O–H groups in total. The zero-order valence-corrected chi connectivity index (χ0v) is 15.6. The van der Waals surface area contributed by atoms with Crippen LogP contribution in [0.4, 0.5) is 8.78 Å². The van der Waals surface area contributed by atoms with Crippen LogP contribution >= 0.6 is 46.6 Å². The van der Waals surface area contributed by atoms with E-state index in [2.05, 4.69) is 0 Å². The van der Waals surface area contributed by atoms with Crippen LogP contribution in [0.1, 0.15) is 23.0 Å². The first-order chi connectivity index (χ1) is 11.6. The summed E-state index contributed by atoms with van der Waals surface area (Å²) in [7, 11) is 0. The smallest absolute Gasteiger partial charge is 0.362 e. The molecule has 0 aliphatic rings. The Labute approximate surface area is 160 Å². The number of carbonyl (C=O) groups excluding carboxylic acids is 1. The molecular formula is C15H10Cl3F2NO3S. The first-order valence-electron chi connectivity index (χ1n) is 6.78. The molecule has 0 atom stereocenters. The Morgan fingerprint density at radius 1 is 1.32 bits per heavy atom. The minimum absolute atomic E-state index is 0.00263. The van der Waals surface area contributed by atoms with Gasteiger partial charge in [-0.15, -0.1) is 0 Å². The van der Waals surface area contributed by atoms with Crippen LogP contribution in [0.2, 0.25) is 10.0 Å². The maximum Gasteiger partial charge on any atom is 0.362 e. The number of halogens is 5. The van der Waals surface area contributed by atoms with E-state index in [9.17, 15) is 18.4 Å². The number of aromatic amines is 1. The Hall–Kier alpha value is -1.28. The Kier molecular flexibility index (Phi) is 6.37. The van der Waals surface area contributed by atoms with Crippen molar-refractivity contribution in [3.05, 3.63) is 55.9 Å². The molecule has 0 spiro atoms. The number of H-pyrrole nitrogens is 1. The minimum atomic E-state index is -3.83. The molecule has 0 amide bonds. The minimum Gasteiger partial charge on any atom is -0.462 e. The summed E-state index contributed by atoms with van der Waals surface area (Å²) in [6.45, 7) is 1.55. The van der Waals surface area contributed by atoms with Crippen LogP contribution < -0.4 is 5.56 Å². The molecule has 4 nitrogen and oxygen atoms in total. The van der Waals surface area contributed by atoms with E-state index in [1.54, 1.807) is 13.0 Å². The van der Waals surface area contributed by atoms with Crippen LogP contribution in [0.5, 0.6) is 0 Å². The Bertz CT molecular complexity index is 848. The molecule has 1 heterocycles. The van der Waals surface area contributed by atoms with Crippen molar-refractivity contribution in [3.8, 4) is 0 Å². The number of nitrogens with one attached hydrogen (secondary N) is 1. The number of alkyl halides is 3. The van der Waals surface area contributed by atoms with E-state index in [-0.39, 0.29) is 21.5 Å². The van der Waals surface area contributed by atoms with Gasteiger partial charge in [0.2, 0.25) is 0 Å². The predicted molar refractivity (Wildman–Crippen MR) is 93.4 cm³/mol. The van der Waals surface area contributed by atoms with Crippen molar-refractivity contribution < 1.29 is 18.3 Å². The third-order valence-corrected chi connectivity index (χ3v) is 5.16. The van der Waals surface area contributed by atoms with Crippen molar-refractivity contribution in [3.63, 3.8) is 0 Å². The van der Waals surface area contributed by atoms with E-state index >= 15 is 0 Å². The lowest BCUT2D eigenvalue weighted by Crippen LogP contribution is -2.24. The monoisotopic (exact) mass is 427 g/mol. The van der Waals surface area contributed by atoms with Gasteiger partial charge in [0, 0.05) is 9.79 Å². The average molecular weight is 429 g/mol. The number of hydrogen-bond donors (Lipinski definition) is 1. The molecule has 0 fully saturated rings. The highest BCUT2D eigenvalue weighted by atomic mass is 35.5. The van der Waals surface area contributed by atoms with Crippen LogP contribution in [0, 0.1) is 0 Å². The molecule has 0 aliphatic heterocycles. The molecule has 0 unspecified atom stereocenters. The molecule has 0 bridgehead atoms. The fourth-order valence-corrected chi connectivity index (χ4v) is 3.59. The van der Waals surface area contributed by atoms with Gasteiger partial charge < -0.3 is 9.72 Å². The fraction of sp³-hybridized carbons (Fsp3) is 0.200. The van der Waals surface area contributed by atoms with Gasteiger partial charge >= 0.3 is 11.4 Å². The maximum absolute atomic E-state index is 13.4. The number of esters is 1. The Morgan fingerprint density at radius 3 is 2.44 bits per heavy atom. The van der Waals surface area contributed by atoms with E-state index in [1.807, 2.05) is 4.98 Å². The van der Waals surface area contributed by atoms with Crippen LogP contribution in [0.15, 0.2) is 38.9 Å². The first-order valence-corrected chi connectivity index (χ1v) is 8.73. The van der Waals surface area contributed by atoms with E-state index in [4.69, 9.17) is 39.5 Å². The highest BCUT2D eigenvalue weighted by molar-refractivity contribution is 7.99. The van der Waals surface area contributed by atoms with Gasteiger partial charge in [-0.25, -0.2) is 4.79 Å². The third kappa shape index (κ3) is 4.67. The average Bonchev–Trinajstić information content (AvgIpc) is 2.50. The molecule has 10 heteroatoms. The van der Waals surface area contributed by atoms with E-state index < -0.39 is 28.2 Å². The quantitative estimate of drug-likeness (QED) is 0.519. The van der Waals surface area contributed by atoms with E-state index in [0.29, 0.717) is 4.90 Å². The molecule has 1 aromatic heterocycles. The summed E-state index contributed by atoms with van der Waals surface area (Å²) in [6.07, 6.45) is 0. The lowest BCUT2D eigenvalue weighted by molar-refractivity contribution is 0.0517. The summed E-state index contributed by atoms with van der Waals surface area (Å²) in [5.74, 6) is -0.959. The van der Waals surface area contributed by atoms with Gasteiger partial charge in [-0.1, -0.05) is 41.0 Å². The van der Waals surface area contributed by atoms with Crippen molar-refractivity contribution in [2.75, 3.05) is 6.61 Å². The number of pyridine rings is 1.